The second-order valence-corrected chi connectivity index (χ2v) is 5.16. The fourth-order valence-corrected chi connectivity index (χ4v) is 3.31. The van der Waals surface area contributed by atoms with Gasteiger partial charge in [0.1, 0.15) is 0 Å². The summed E-state index contributed by atoms with van der Waals surface area (Å²) >= 11 is 0. The molecule has 0 aromatic carbocycles. The van der Waals surface area contributed by atoms with Gasteiger partial charge in [0.2, 0.25) is 0 Å². The van der Waals surface area contributed by atoms with E-state index in [0.29, 0.717) is 0 Å². The van der Waals surface area contributed by atoms with Gasteiger partial charge in [-0.1, -0.05) is 51.2 Å². The Hall–Kier alpha value is -0.260. The summed E-state index contributed by atoms with van der Waals surface area (Å²) in [7, 11) is 0. The molecule has 0 heterocycles. The van der Waals surface area contributed by atoms with E-state index in [-0.39, 0.29) is 0 Å². The molecule has 0 amide bonds. The molecule has 2 aliphatic carbocycles. The molecule has 0 N–H and O–H groups in total. The Kier molecular flexibility index (Phi) is 3.67. The summed E-state index contributed by atoms with van der Waals surface area (Å²) in [6.45, 7) is 2.29. The Balaban J connectivity index is 1.58. The fraction of sp³-hybridized carbons (Fsp3) is 0.857. The first-order valence-electron chi connectivity index (χ1n) is 6.60. The first kappa shape index (κ1) is 10.3. The van der Waals surface area contributed by atoms with E-state index in [1.165, 1.54) is 51.4 Å². The van der Waals surface area contributed by atoms with E-state index in [0.717, 1.165) is 17.8 Å². The van der Waals surface area contributed by atoms with Crippen molar-refractivity contribution in [3.05, 3.63) is 12.2 Å². The van der Waals surface area contributed by atoms with Crippen molar-refractivity contribution in [3.63, 3.8) is 0 Å². The monoisotopic (exact) mass is 192 g/mol. The summed E-state index contributed by atoms with van der Waals surface area (Å²) in [6, 6.07) is 0. The van der Waals surface area contributed by atoms with Gasteiger partial charge in [-0.05, 0) is 37.0 Å². The molecular weight excluding hydrogens is 168 g/mol. The van der Waals surface area contributed by atoms with Crippen LogP contribution in [-0.4, -0.2) is 0 Å². The Morgan fingerprint density at radius 2 is 1.57 bits per heavy atom. The summed E-state index contributed by atoms with van der Waals surface area (Å²) in [5.74, 6) is 3.01. The molecule has 0 nitrogen and oxygen atoms in total. The zero-order chi connectivity index (χ0) is 9.80. The van der Waals surface area contributed by atoms with Crippen molar-refractivity contribution in [2.24, 2.45) is 17.8 Å². The summed E-state index contributed by atoms with van der Waals surface area (Å²) in [5, 5.41) is 0. The van der Waals surface area contributed by atoms with Crippen LogP contribution in [-0.2, 0) is 0 Å². The average Bonchev–Trinajstić information content (AvgIpc) is 2.77. The van der Waals surface area contributed by atoms with E-state index in [4.69, 9.17) is 0 Å². The highest BCUT2D eigenvalue weighted by atomic mass is 14.4. The van der Waals surface area contributed by atoms with Crippen LogP contribution in [0.3, 0.4) is 0 Å². The first-order valence-corrected chi connectivity index (χ1v) is 6.60. The molecule has 1 fully saturated rings. The van der Waals surface area contributed by atoms with Gasteiger partial charge in [-0.2, -0.15) is 0 Å². The topological polar surface area (TPSA) is 0 Å². The molecule has 0 spiro atoms. The zero-order valence-electron chi connectivity index (χ0n) is 9.54. The normalized spacial score (nSPS) is 34.2. The predicted molar refractivity (Wildman–Crippen MR) is 62.2 cm³/mol. The predicted octanol–water partition coefficient (Wildman–Crippen LogP) is 4.56. The van der Waals surface area contributed by atoms with Gasteiger partial charge in [-0.3, -0.25) is 0 Å². The van der Waals surface area contributed by atoms with Gasteiger partial charge in [-0.15, -0.1) is 0 Å². The van der Waals surface area contributed by atoms with Crippen molar-refractivity contribution in [1.82, 2.24) is 0 Å². The molecule has 2 unspecified atom stereocenters. The molecule has 14 heavy (non-hydrogen) atoms. The summed E-state index contributed by atoms with van der Waals surface area (Å²) < 4.78 is 0. The third-order valence-corrected chi connectivity index (χ3v) is 4.18. The summed E-state index contributed by atoms with van der Waals surface area (Å²) in [6.07, 6.45) is 16.7. The van der Waals surface area contributed by atoms with Crippen LogP contribution in [0.15, 0.2) is 12.2 Å². The lowest BCUT2D eigenvalue weighted by Crippen LogP contribution is -2.06. The van der Waals surface area contributed by atoms with Crippen molar-refractivity contribution < 1.29 is 0 Å². The van der Waals surface area contributed by atoms with Gasteiger partial charge in [-0.25, -0.2) is 0 Å². The number of fused-ring (bicyclic) bond motifs is 2. The molecule has 0 aliphatic heterocycles. The van der Waals surface area contributed by atoms with Gasteiger partial charge in [0.25, 0.3) is 0 Å². The highest BCUT2D eigenvalue weighted by molar-refractivity contribution is 5.11. The van der Waals surface area contributed by atoms with E-state index >= 15 is 0 Å². The molecule has 2 aliphatic rings. The average molecular weight is 192 g/mol. The smallest absolute Gasteiger partial charge is 0.0199 e. The third-order valence-electron chi connectivity index (χ3n) is 4.18. The van der Waals surface area contributed by atoms with Crippen LogP contribution in [0.2, 0.25) is 0 Å². The molecule has 1 saturated carbocycles. The number of rotatable bonds is 6. The lowest BCUT2D eigenvalue weighted by Gasteiger charge is -2.15. The van der Waals surface area contributed by atoms with Gasteiger partial charge < -0.3 is 0 Å². The third kappa shape index (κ3) is 2.21. The van der Waals surface area contributed by atoms with Crippen LogP contribution in [0.25, 0.3) is 0 Å². The quantitative estimate of drug-likeness (QED) is 0.427. The van der Waals surface area contributed by atoms with Crippen LogP contribution in [0.1, 0.15) is 58.3 Å². The fourth-order valence-electron chi connectivity index (χ4n) is 3.31. The lowest BCUT2D eigenvalue weighted by molar-refractivity contribution is 0.378. The van der Waals surface area contributed by atoms with E-state index in [1.807, 2.05) is 0 Å². The Bertz CT molecular complexity index is 178. The number of unbranched alkanes of at least 4 members (excludes halogenated alkanes) is 4. The highest BCUT2D eigenvalue weighted by Gasteiger charge is 2.36. The minimum Gasteiger partial charge on any atom is -0.0848 e. The van der Waals surface area contributed by atoms with Crippen molar-refractivity contribution in [1.29, 1.82) is 0 Å². The van der Waals surface area contributed by atoms with Crippen molar-refractivity contribution in [3.8, 4) is 0 Å². The number of hydrogen-bond donors (Lipinski definition) is 0. The van der Waals surface area contributed by atoms with Gasteiger partial charge in [0, 0.05) is 0 Å². The largest absolute Gasteiger partial charge is 0.0848 e. The Labute approximate surface area is 88.8 Å². The maximum absolute atomic E-state index is 2.49. The molecule has 80 valence electrons. The maximum Gasteiger partial charge on any atom is -0.0199 e. The van der Waals surface area contributed by atoms with Gasteiger partial charge in [0.05, 0.1) is 0 Å². The molecule has 0 radical (unpaired) electrons. The standard InChI is InChI=1S/C14H24/c1-2-3-4-5-6-7-14-12-8-9-13(14)11-10-12/h8-9,12-14H,2-7,10-11H2,1H3. The van der Waals surface area contributed by atoms with Crippen molar-refractivity contribution in [2.45, 2.75) is 58.3 Å². The van der Waals surface area contributed by atoms with E-state index in [9.17, 15) is 0 Å². The van der Waals surface area contributed by atoms with Crippen molar-refractivity contribution in [2.75, 3.05) is 0 Å². The molecule has 2 bridgehead atoms. The second-order valence-electron chi connectivity index (χ2n) is 5.16. The molecule has 2 atom stereocenters. The Morgan fingerprint density at radius 3 is 2.14 bits per heavy atom. The molecule has 0 aromatic heterocycles. The first-order chi connectivity index (χ1) is 6.92. The van der Waals surface area contributed by atoms with Crippen LogP contribution in [0.5, 0.6) is 0 Å². The van der Waals surface area contributed by atoms with E-state index in [1.54, 1.807) is 0 Å². The van der Waals surface area contributed by atoms with Gasteiger partial charge >= 0.3 is 0 Å². The highest BCUT2D eigenvalue weighted by Crippen LogP contribution is 2.46. The minimum absolute atomic E-state index is 0.978. The van der Waals surface area contributed by atoms with Crippen LogP contribution >= 0.6 is 0 Å². The van der Waals surface area contributed by atoms with Crippen LogP contribution in [0, 0.1) is 17.8 Å². The minimum atomic E-state index is 0.978. The zero-order valence-corrected chi connectivity index (χ0v) is 9.54. The van der Waals surface area contributed by atoms with E-state index < -0.39 is 0 Å². The summed E-state index contributed by atoms with van der Waals surface area (Å²) in [5.41, 5.74) is 0. The number of hydrogen-bond acceptors (Lipinski definition) is 0. The SMILES string of the molecule is CCCCCCCC1C2C=CC1CC2. The molecule has 0 aromatic rings. The van der Waals surface area contributed by atoms with Crippen LogP contribution in [0.4, 0.5) is 0 Å². The maximum atomic E-state index is 2.49. The molecular formula is C14H24. The summed E-state index contributed by atoms with van der Waals surface area (Å²) in [4.78, 5) is 0. The number of allylic oxidation sites excluding steroid dienone is 2. The second kappa shape index (κ2) is 5.00. The Morgan fingerprint density at radius 1 is 0.929 bits per heavy atom. The van der Waals surface area contributed by atoms with E-state index in [2.05, 4.69) is 19.1 Å². The van der Waals surface area contributed by atoms with Crippen LogP contribution < -0.4 is 0 Å². The van der Waals surface area contributed by atoms with Gasteiger partial charge in [0.15, 0.2) is 0 Å². The molecule has 0 saturated heterocycles. The molecule has 2 rings (SSSR count). The molecule has 0 heteroatoms. The van der Waals surface area contributed by atoms with Crippen molar-refractivity contribution >= 4 is 0 Å². The lowest BCUT2D eigenvalue weighted by atomic mass is 9.90.